The molecule has 0 unspecified atom stereocenters. The number of aliphatic carboxylic acids is 1. The summed E-state index contributed by atoms with van der Waals surface area (Å²) < 4.78 is -0.943. The van der Waals surface area contributed by atoms with E-state index in [0.717, 1.165) is 10.5 Å². The predicted octanol–water partition coefficient (Wildman–Crippen LogP) is 2.49. The first kappa shape index (κ1) is 13.5. The van der Waals surface area contributed by atoms with Crippen LogP contribution in [0, 0.1) is 0 Å². The second kappa shape index (κ2) is 5.36. The van der Waals surface area contributed by atoms with Crippen LogP contribution >= 0.6 is 11.8 Å². The highest BCUT2D eigenvalue weighted by molar-refractivity contribution is 8.01. The summed E-state index contributed by atoms with van der Waals surface area (Å²) in [6.07, 6.45) is 6.45. The Hall–Kier alpha value is -1.95. The first-order valence-electron chi connectivity index (χ1n) is 5.63. The molecule has 0 bridgehead atoms. The van der Waals surface area contributed by atoms with E-state index in [2.05, 4.69) is 15.0 Å². The number of carboxylic acid groups (broad SMARTS) is 1. The van der Waals surface area contributed by atoms with E-state index in [-0.39, 0.29) is 0 Å². The Bertz CT molecular complexity index is 587. The molecule has 2 aromatic heterocycles. The van der Waals surface area contributed by atoms with E-state index in [1.165, 1.54) is 18.1 Å². The number of rotatable bonds is 4. The van der Waals surface area contributed by atoms with Crippen LogP contribution in [0.2, 0.25) is 0 Å². The molecule has 0 aromatic carbocycles. The van der Waals surface area contributed by atoms with E-state index in [1.807, 2.05) is 12.1 Å². The molecule has 98 valence electrons. The highest BCUT2D eigenvalue weighted by Gasteiger charge is 2.30. The Morgan fingerprint density at radius 2 is 2.11 bits per heavy atom. The molecular formula is C13H13N3O2S. The molecular weight excluding hydrogens is 262 g/mol. The molecule has 0 radical (unpaired) electrons. The number of aromatic nitrogens is 3. The zero-order valence-electron chi connectivity index (χ0n) is 10.6. The summed E-state index contributed by atoms with van der Waals surface area (Å²) in [5.41, 5.74) is 1.54. The van der Waals surface area contributed by atoms with Crippen LogP contribution in [0.1, 0.15) is 13.8 Å². The second-order valence-electron chi connectivity index (χ2n) is 4.39. The van der Waals surface area contributed by atoms with Crippen LogP contribution in [0.5, 0.6) is 0 Å². The lowest BCUT2D eigenvalue weighted by Crippen LogP contribution is -2.27. The first-order chi connectivity index (χ1) is 9.00. The molecule has 0 saturated carbocycles. The van der Waals surface area contributed by atoms with Crippen LogP contribution < -0.4 is 0 Å². The van der Waals surface area contributed by atoms with Crippen molar-refractivity contribution in [3.63, 3.8) is 0 Å². The second-order valence-corrected chi connectivity index (χ2v) is 6.06. The zero-order chi connectivity index (χ0) is 13.9. The molecule has 2 rings (SSSR count). The van der Waals surface area contributed by atoms with Crippen molar-refractivity contribution < 1.29 is 9.90 Å². The topological polar surface area (TPSA) is 76.0 Å². The molecule has 2 heterocycles. The van der Waals surface area contributed by atoms with Gasteiger partial charge in [0.15, 0.2) is 0 Å². The van der Waals surface area contributed by atoms with Gasteiger partial charge in [0.1, 0.15) is 11.1 Å². The normalized spacial score (nSPS) is 11.3. The summed E-state index contributed by atoms with van der Waals surface area (Å²) in [7, 11) is 0. The van der Waals surface area contributed by atoms with Gasteiger partial charge < -0.3 is 5.11 Å². The molecule has 0 aliphatic rings. The molecule has 0 saturated heterocycles. The molecule has 0 atom stereocenters. The number of nitrogens with zero attached hydrogens (tertiary/aromatic N) is 3. The van der Waals surface area contributed by atoms with Crippen LogP contribution in [0.4, 0.5) is 0 Å². The van der Waals surface area contributed by atoms with Gasteiger partial charge in [0.05, 0.1) is 10.6 Å². The van der Waals surface area contributed by atoms with Crippen LogP contribution in [0.25, 0.3) is 11.3 Å². The number of hydrogen-bond donors (Lipinski definition) is 1. The van der Waals surface area contributed by atoms with Crippen molar-refractivity contribution in [2.24, 2.45) is 0 Å². The van der Waals surface area contributed by atoms with Gasteiger partial charge in [-0.2, -0.15) is 0 Å². The summed E-state index contributed by atoms with van der Waals surface area (Å²) in [4.78, 5) is 24.2. The van der Waals surface area contributed by atoms with Gasteiger partial charge in [0, 0.05) is 24.2 Å². The zero-order valence-corrected chi connectivity index (χ0v) is 11.4. The fraction of sp³-hybridized carbons (Fsp3) is 0.231. The summed E-state index contributed by atoms with van der Waals surface area (Å²) in [5, 5.41) is 9.19. The Kier molecular flexibility index (Phi) is 3.80. The highest BCUT2D eigenvalue weighted by Crippen LogP contribution is 2.37. The molecule has 0 aliphatic heterocycles. The monoisotopic (exact) mass is 275 g/mol. The maximum Gasteiger partial charge on any atom is 0.319 e. The van der Waals surface area contributed by atoms with Gasteiger partial charge >= 0.3 is 5.97 Å². The SMILES string of the molecule is CC(C)(Sc1cncnc1-c1cccnc1)C(=O)O. The van der Waals surface area contributed by atoms with Crippen LogP contribution in [0.15, 0.2) is 41.9 Å². The van der Waals surface area contributed by atoms with Crippen molar-refractivity contribution in [2.45, 2.75) is 23.5 Å². The summed E-state index contributed by atoms with van der Waals surface area (Å²) in [5.74, 6) is -0.876. The molecule has 1 N–H and O–H groups in total. The molecule has 0 aliphatic carbocycles. The molecule has 5 nitrogen and oxygen atoms in total. The predicted molar refractivity (Wildman–Crippen MR) is 72.8 cm³/mol. The maximum absolute atomic E-state index is 11.2. The standard InChI is InChI=1S/C13H13N3O2S/c1-13(2,12(17)18)19-10-7-15-8-16-11(10)9-4-3-5-14-6-9/h3-8H,1-2H3,(H,17,18). The Labute approximate surface area is 115 Å². The maximum atomic E-state index is 11.2. The smallest absolute Gasteiger partial charge is 0.319 e. The van der Waals surface area contributed by atoms with E-state index >= 15 is 0 Å². The first-order valence-corrected chi connectivity index (χ1v) is 6.45. The average molecular weight is 275 g/mol. The van der Waals surface area contributed by atoms with Crippen LogP contribution in [-0.2, 0) is 4.79 Å². The summed E-state index contributed by atoms with van der Waals surface area (Å²) >= 11 is 1.22. The van der Waals surface area contributed by atoms with Crippen molar-refractivity contribution in [1.82, 2.24) is 15.0 Å². The van der Waals surface area contributed by atoms with E-state index in [4.69, 9.17) is 0 Å². The van der Waals surface area contributed by atoms with Crippen molar-refractivity contribution in [3.05, 3.63) is 37.1 Å². The third-order valence-corrected chi connectivity index (χ3v) is 3.70. The van der Waals surface area contributed by atoms with Gasteiger partial charge in [-0.25, -0.2) is 9.97 Å². The van der Waals surface area contributed by atoms with Crippen molar-refractivity contribution in [1.29, 1.82) is 0 Å². The minimum atomic E-state index is -0.943. The van der Waals surface area contributed by atoms with Gasteiger partial charge in [-0.3, -0.25) is 9.78 Å². The van der Waals surface area contributed by atoms with Crippen molar-refractivity contribution >= 4 is 17.7 Å². The van der Waals surface area contributed by atoms with Gasteiger partial charge in [0.2, 0.25) is 0 Å². The summed E-state index contributed by atoms with van der Waals surface area (Å²) in [6, 6.07) is 3.70. The molecule has 2 aromatic rings. The van der Waals surface area contributed by atoms with Gasteiger partial charge in [-0.15, -0.1) is 11.8 Å². The van der Waals surface area contributed by atoms with Crippen molar-refractivity contribution in [3.8, 4) is 11.3 Å². The molecule has 0 spiro atoms. The van der Waals surface area contributed by atoms with Gasteiger partial charge in [-0.1, -0.05) is 0 Å². The Morgan fingerprint density at radius 1 is 1.32 bits per heavy atom. The van der Waals surface area contributed by atoms with E-state index < -0.39 is 10.7 Å². The fourth-order valence-corrected chi connectivity index (χ4v) is 2.45. The largest absolute Gasteiger partial charge is 0.480 e. The third kappa shape index (κ3) is 3.08. The lowest BCUT2D eigenvalue weighted by atomic mass is 10.2. The number of pyridine rings is 1. The van der Waals surface area contributed by atoms with Crippen molar-refractivity contribution in [2.75, 3.05) is 0 Å². The van der Waals surface area contributed by atoms with Gasteiger partial charge in [-0.05, 0) is 26.0 Å². The third-order valence-electron chi connectivity index (χ3n) is 2.49. The van der Waals surface area contributed by atoms with Gasteiger partial charge in [0.25, 0.3) is 0 Å². The summed E-state index contributed by atoms with van der Waals surface area (Å²) in [6.45, 7) is 3.31. The highest BCUT2D eigenvalue weighted by atomic mass is 32.2. The minimum Gasteiger partial charge on any atom is -0.480 e. The molecule has 6 heteroatoms. The van der Waals surface area contributed by atoms with Crippen LogP contribution in [0.3, 0.4) is 0 Å². The molecule has 19 heavy (non-hydrogen) atoms. The number of hydrogen-bond acceptors (Lipinski definition) is 5. The number of thioether (sulfide) groups is 1. The Balaban J connectivity index is 2.40. The van der Waals surface area contributed by atoms with Crippen LogP contribution in [-0.4, -0.2) is 30.8 Å². The van der Waals surface area contributed by atoms with E-state index in [1.54, 1.807) is 32.4 Å². The number of carbonyl (C=O) groups is 1. The van der Waals surface area contributed by atoms with E-state index in [0.29, 0.717) is 5.69 Å². The minimum absolute atomic E-state index is 0.697. The quantitative estimate of drug-likeness (QED) is 0.864. The number of carboxylic acids is 1. The molecule has 0 fully saturated rings. The van der Waals surface area contributed by atoms with E-state index in [9.17, 15) is 9.90 Å². The molecule has 0 amide bonds. The Morgan fingerprint density at radius 3 is 2.74 bits per heavy atom. The fourth-order valence-electron chi connectivity index (χ4n) is 1.43. The lowest BCUT2D eigenvalue weighted by molar-refractivity contribution is -0.138. The lowest BCUT2D eigenvalue weighted by Gasteiger charge is -2.19. The average Bonchev–Trinajstić information content (AvgIpc) is 2.40.